The molecular weight excluding hydrogens is 314 g/mol. The van der Waals surface area contributed by atoms with E-state index in [0.717, 1.165) is 28.9 Å². The summed E-state index contributed by atoms with van der Waals surface area (Å²) in [5.41, 5.74) is 5.08. The SMILES string of the molecule is Cc1cc(C)n(Cc2ccc(C(=O)N(C)CCc3cn[nH]c3)cc2)n1. The topological polar surface area (TPSA) is 66.8 Å². The van der Waals surface area contributed by atoms with Crippen molar-refractivity contribution in [3.8, 4) is 0 Å². The Morgan fingerprint density at radius 3 is 2.56 bits per heavy atom. The molecule has 0 saturated carbocycles. The molecule has 0 aliphatic carbocycles. The van der Waals surface area contributed by atoms with E-state index in [-0.39, 0.29) is 5.91 Å². The van der Waals surface area contributed by atoms with E-state index in [4.69, 9.17) is 0 Å². The zero-order valence-electron chi connectivity index (χ0n) is 14.9. The van der Waals surface area contributed by atoms with E-state index in [0.29, 0.717) is 18.7 Å². The van der Waals surface area contributed by atoms with Crippen LogP contribution in [0.5, 0.6) is 0 Å². The van der Waals surface area contributed by atoms with Crippen LogP contribution in [0.25, 0.3) is 0 Å². The van der Waals surface area contributed by atoms with Gasteiger partial charge in [0, 0.05) is 31.0 Å². The molecule has 1 amide bonds. The third kappa shape index (κ3) is 4.15. The van der Waals surface area contributed by atoms with Crippen LogP contribution in [0, 0.1) is 13.8 Å². The number of likely N-dealkylation sites (N-methyl/N-ethyl adjacent to an activating group) is 1. The van der Waals surface area contributed by atoms with Crippen LogP contribution < -0.4 is 0 Å². The van der Waals surface area contributed by atoms with Crippen LogP contribution in [0.1, 0.15) is 32.9 Å². The third-order valence-corrected chi connectivity index (χ3v) is 4.27. The number of carbonyl (C=O) groups is 1. The summed E-state index contributed by atoms with van der Waals surface area (Å²) in [6, 6.07) is 9.82. The Morgan fingerprint density at radius 1 is 1.20 bits per heavy atom. The van der Waals surface area contributed by atoms with Crippen molar-refractivity contribution in [1.82, 2.24) is 24.9 Å². The van der Waals surface area contributed by atoms with Gasteiger partial charge < -0.3 is 4.90 Å². The first kappa shape index (κ1) is 17.0. The highest BCUT2D eigenvalue weighted by atomic mass is 16.2. The highest BCUT2D eigenvalue weighted by Gasteiger charge is 2.12. The maximum Gasteiger partial charge on any atom is 0.253 e. The van der Waals surface area contributed by atoms with Gasteiger partial charge in [-0.3, -0.25) is 14.6 Å². The molecule has 0 saturated heterocycles. The summed E-state index contributed by atoms with van der Waals surface area (Å²) in [5.74, 6) is 0.0289. The van der Waals surface area contributed by atoms with Crippen molar-refractivity contribution in [2.24, 2.45) is 0 Å². The fraction of sp³-hybridized carbons (Fsp3) is 0.316. The summed E-state index contributed by atoms with van der Waals surface area (Å²) in [7, 11) is 1.83. The Morgan fingerprint density at radius 2 is 1.96 bits per heavy atom. The molecule has 2 aromatic heterocycles. The van der Waals surface area contributed by atoms with Gasteiger partial charge in [-0.05, 0) is 49.6 Å². The van der Waals surface area contributed by atoms with Gasteiger partial charge in [-0.25, -0.2) is 0 Å². The Balaban J connectivity index is 1.60. The van der Waals surface area contributed by atoms with Gasteiger partial charge in [0.1, 0.15) is 0 Å². The molecular formula is C19H23N5O. The van der Waals surface area contributed by atoms with E-state index in [1.54, 1.807) is 11.1 Å². The molecule has 0 bridgehead atoms. The zero-order chi connectivity index (χ0) is 17.8. The molecule has 1 aromatic carbocycles. The Labute approximate surface area is 147 Å². The van der Waals surface area contributed by atoms with Crippen molar-refractivity contribution < 1.29 is 4.79 Å². The Kier molecular flexibility index (Phi) is 4.97. The molecule has 0 aliphatic heterocycles. The summed E-state index contributed by atoms with van der Waals surface area (Å²) in [6.07, 6.45) is 4.42. The van der Waals surface area contributed by atoms with Crippen molar-refractivity contribution in [1.29, 1.82) is 0 Å². The molecule has 25 heavy (non-hydrogen) atoms. The van der Waals surface area contributed by atoms with Gasteiger partial charge in [0.2, 0.25) is 0 Å². The smallest absolute Gasteiger partial charge is 0.253 e. The van der Waals surface area contributed by atoms with E-state index in [1.807, 2.05) is 56.0 Å². The lowest BCUT2D eigenvalue weighted by atomic mass is 10.1. The van der Waals surface area contributed by atoms with Crippen molar-refractivity contribution >= 4 is 5.91 Å². The monoisotopic (exact) mass is 337 g/mol. The van der Waals surface area contributed by atoms with Gasteiger partial charge in [0.15, 0.2) is 0 Å². The predicted molar refractivity (Wildman–Crippen MR) is 96.5 cm³/mol. The zero-order valence-corrected chi connectivity index (χ0v) is 14.9. The summed E-state index contributed by atoms with van der Waals surface area (Å²) in [6.45, 7) is 5.41. The molecule has 1 N–H and O–H groups in total. The lowest BCUT2D eigenvalue weighted by Gasteiger charge is -2.17. The predicted octanol–water partition coefficient (Wildman–Crippen LogP) is 2.59. The van der Waals surface area contributed by atoms with Gasteiger partial charge in [-0.15, -0.1) is 0 Å². The molecule has 0 aliphatic rings. The lowest BCUT2D eigenvalue weighted by molar-refractivity contribution is 0.0796. The number of aryl methyl sites for hydroxylation is 2. The van der Waals surface area contributed by atoms with E-state index in [9.17, 15) is 4.79 Å². The fourth-order valence-corrected chi connectivity index (χ4v) is 2.79. The second kappa shape index (κ2) is 7.34. The van der Waals surface area contributed by atoms with Crippen molar-refractivity contribution in [2.45, 2.75) is 26.8 Å². The van der Waals surface area contributed by atoms with Gasteiger partial charge in [-0.1, -0.05) is 12.1 Å². The van der Waals surface area contributed by atoms with Crippen LogP contribution in [0.3, 0.4) is 0 Å². The van der Waals surface area contributed by atoms with Gasteiger partial charge in [0.25, 0.3) is 5.91 Å². The van der Waals surface area contributed by atoms with E-state index >= 15 is 0 Å². The molecule has 2 heterocycles. The summed E-state index contributed by atoms with van der Waals surface area (Å²) in [4.78, 5) is 14.3. The lowest BCUT2D eigenvalue weighted by Crippen LogP contribution is -2.28. The first-order chi connectivity index (χ1) is 12.0. The number of amides is 1. The maximum absolute atomic E-state index is 12.5. The highest BCUT2D eigenvalue weighted by Crippen LogP contribution is 2.11. The van der Waals surface area contributed by atoms with Crippen LogP contribution in [-0.4, -0.2) is 44.4 Å². The minimum absolute atomic E-state index is 0.0289. The number of nitrogens with zero attached hydrogens (tertiary/aromatic N) is 4. The molecule has 0 unspecified atom stereocenters. The summed E-state index contributed by atoms with van der Waals surface area (Å²) < 4.78 is 1.98. The molecule has 6 nitrogen and oxygen atoms in total. The quantitative estimate of drug-likeness (QED) is 0.752. The molecule has 3 aromatic rings. The number of hydrogen-bond donors (Lipinski definition) is 1. The second-order valence-electron chi connectivity index (χ2n) is 6.36. The second-order valence-corrected chi connectivity index (χ2v) is 6.36. The normalized spacial score (nSPS) is 10.8. The van der Waals surface area contributed by atoms with Crippen LogP contribution in [-0.2, 0) is 13.0 Å². The molecule has 130 valence electrons. The van der Waals surface area contributed by atoms with Crippen LogP contribution in [0.2, 0.25) is 0 Å². The Bertz CT molecular complexity index is 833. The maximum atomic E-state index is 12.5. The highest BCUT2D eigenvalue weighted by molar-refractivity contribution is 5.94. The standard InChI is InChI=1S/C19H23N5O/c1-14-10-15(2)24(22-14)13-16-4-6-18(7-5-16)19(25)23(3)9-8-17-11-20-21-12-17/h4-7,10-12H,8-9,13H2,1-3H3,(H,20,21). The largest absolute Gasteiger partial charge is 0.341 e. The average Bonchev–Trinajstić information content (AvgIpc) is 3.22. The fourth-order valence-electron chi connectivity index (χ4n) is 2.79. The number of aromatic nitrogens is 4. The number of nitrogens with one attached hydrogen (secondary N) is 1. The summed E-state index contributed by atoms with van der Waals surface area (Å²) >= 11 is 0. The number of benzene rings is 1. The molecule has 3 rings (SSSR count). The van der Waals surface area contributed by atoms with Gasteiger partial charge in [-0.2, -0.15) is 10.2 Å². The molecule has 0 atom stereocenters. The molecule has 0 fully saturated rings. The first-order valence-corrected chi connectivity index (χ1v) is 8.36. The van der Waals surface area contributed by atoms with Crippen LogP contribution >= 0.6 is 0 Å². The van der Waals surface area contributed by atoms with E-state index in [1.165, 1.54) is 0 Å². The number of H-pyrrole nitrogens is 1. The van der Waals surface area contributed by atoms with Crippen molar-refractivity contribution in [3.63, 3.8) is 0 Å². The Hall–Kier alpha value is -2.89. The number of rotatable bonds is 6. The summed E-state index contributed by atoms with van der Waals surface area (Å²) in [5, 5.41) is 11.2. The third-order valence-electron chi connectivity index (χ3n) is 4.27. The van der Waals surface area contributed by atoms with Gasteiger partial charge in [0.05, 0.1) is 18.4 Å². The molecule has 0 radical (unpaired) electrons. The minimum Gasteiger partial charge on any atom is -0.341 e. The minimum atomic E-state index is 0.0289. The number of aromatic amines is 1. The van der Waals surface area contributed by atoms with E-state index < -0.39 is 0 Å². The first-order valence-electron chi connectivity index (χ1n) is 8.36. The van der Waals surface area contributed by atoms with E-state index in [2.05, 4.69) is 21.4 Å². The van der Waals surface area contributed by atoms with Gasteiger partial charge >= 0.3 is 0 Å². The van der Waals surface area contributed by atoms with Crippen molar-refractivity contribution in [3.05, 3.63) is 70.8 Å². The molecule has 6 heteroatoms. The average molecular weight is 337 g/mol. The van der Waals surface area contributed by atoms with Crippen LogP contribution in [0.15, 0.2) is 42.7 Å². The molecule has 0 spiro atoms. The number of carbonyl (C=O) groups excluding carboxylic acids is 1. The number of hydrogen-bond acceptors (Lipinski definition) is 3. The van der Waals surface area contributed by atoms with Crippen molar-refractivity contribution in [2.75, 3.05) is 13.6 Å². The van der Waals surface area contributed by atoms with Crippen LogP contribution in [0.4, 0.5) is 0 Å².